The summed E-state index contributed by atoms with van der Waals surface area (Å²) in [6, 6.07) is 4.80. The van der Waals surface area contributed by atoms with E-state index in [2.05, 4.69) is 4.72 Å². The number of rotatable bonds is 4. The second-order valence-corrected chi connectivity index (χ2v) is 7.52. The van der Waals surface area contributed by atoms with Crippen molar-refractivity contribution in [2.75, 3.05) is 23.8 Å². The topological polar surface area (TPSA) is 72.2 Å². The Labute approximate surface area is 112 Å². The molecule has 1 unspecified atom stereocenters. The molecule has 1 aromatic rings. The van der Waals surface area contributed by atoms with E-state index < -0.39 is 10.0 Å². The zero-order valence-corrected chi connectivity index (χ0v) is 12.0. The quantitative estimate of drug-likeness (QED) is 0.825. The molecule has 1 saturated heterocycles. The molecule has 1 fully saturated rings. The highest BCUT2D eigenvalue weighted by Crippen LogP contribution is 2.23. The smallest absolute Gasteiger partial charge is 0.240 e. The van der Waals surface area contributed by atoms with Crippen LogP contribution < -0.4 is 10.5 Å². The van der Waals surface area contributed by atoms with Crippen LogP contribution in [0.3, 0.4) is 0 Å². The molecule has 1 aliphatic heterocycles. The van der Waals surface area contributed by atoms with Crippen molar-refractivity contribution >= 4 is 27.5 Å². The van der Waals surface area contributed by atoms with Crippen molar-refractivity contribution < 1.29 is 8.42 Å². The lowest BCUT2D eigenvalue weighted by Crippen LogP contribution is -2.29. The third-order valence-corrected chi connectivity index (χ3v) is 5.79. The maximum absolute atomic E-state index is 12.1. The third kappa shape index (κ3) is 3.18. The predicted molar refractivity (Wildman–Crippen MR) is 76.2 cm³/mol. The minimum absolute atomic E-state index is 0.292. The minimum atomic E-state index is -3.40. The molecule has 3 N–H and O–H groups in total. The molecule has 4 nitrogen and oxygen atoms in total. The first-order chi connectivity index (χ1) is 8.49. The van der Waals surface area contributed by atoms with Crippen LogP contribution in [0.25, 0.3) is 0 Å². The van der Waals surface area contributed by atoms with Crippen LogP contribution in [0.15, 0.2) is 23.1 Å². The predicted octanol–water partition coefficient (Wildman–Crippen LogP) is 1.61. The van der Waals surface area contributed by atoms with Gasteiger partial charge < -0.3 is 5.73 Å². The Kier molecular flexibility index (Phi) is 4.19. The number of nitrogen functional groups attached to an aromatic ring is 1. The highest BCUT2D eigenvalue weighted by atomic mass is 32.2. The number of hydrogen-bond donors (Lipinski definition) is 2. The molecule has 100 valence electrons. The first kappa shape index (κ1) is 13.7. The maximum atomic E-state index is 12.1. The van der Waals surface area contributed by atoms with Crippen LogP contribution in [-0.2, 0) is 10.0 Å². The lowest BCUT2D eigenvalue weighted by Gasteiger charge is -2.11. The lowest BCUT2D eigenvalue weighted by atomic mass is 10.1. The van der Waals surface area contributed by atoms with Gasteiger partial charge in [-0.2, -0.15) is 11.8 Å². The average Bonchev–Trinajstić information content (AvgIpc) is 2.83. The van der Waals surface area contributed by atoms with Crippen molar-refractivity contribution in [2.45, 2.75) is 18.2 Å². The average molecular weight is 286 g/mol. The van der Waals surface area contributed by atoms with E-state index in [1.165, 1.54) is 0 Å². The molecule has 0 amide bonds. The molecule has 6 heteroatoms. The standard InChI is InChI=1S/C12H18N2O2S2/c1-9-6-11(2-3-12(9)13)18(15,16)14-7-10-4-5-17-8-10/h2-3,6,10,14H,4-5,7-8,13H2,1H3. The summed E-state index contributed by atoms with van der Waals surface area (Å²) in [6.45, 7) is 2.33. The van der Waals surface area contributed by atoms with Crippen LogP contribution in [0.2, 0.25) is 0 Å². The van der Waals surface area contributed by atoms with Gasteiger partial charge in [0, 0.05) is 12.2 Å². The molecule has 0 saturated carbocycles. The maximum Gasteiger partial charge on any atom is 0.240 e. The van der Waals surface area contributed by atoms with Crippen molar-refractivity contribution in [1.82, 2.24) is 4.72 Å². The zero-order valence-electron chi connectivity index (χ0n) is 10.3. The van der Waals surface area contributed by atoms with E-state index in [4.69, 9.17) is 5.73 Å². The molecular formula is C12H18N2O2S2. The fourth-order valence-electron chi connectivity index (χ4n) is 1.87. The summed E-state index contributed by atoms with van der Waals surface area (Å²) in [5, 5.41) is 0. The van der Waals surface area contributed by atoms with Gasteiger partial charge in [0.05, 0.1) is 4.90 Å². The second-order valence-electron chi connectivity index (χ2n) is 4.60. The molecule has 0 radical (unpaired) electrons. The Bertz CT molecular complexity index is 523. The number of hydrogen-bond acceptors (Lipinski definition) is 4. The Morgan fingerprint density at radius 3 is 2.89 bits per heavy atom. The number of nitrogens with two attached hydrogens (primary N) is 1. The summed E-state index contributed by atoms with van der Waals surface area (Å²) in [5.41, 5.74) is 7.09. The van der Waals surface area contributed by atoms with Crippen molar-refractivity contribution in [2.24, 2.45) is 5.92 Å². The van der Waals surface area contributed by atoms with Crippen molar-refractivity contribution in [3.05, 3.63) is 23.8 Å². The molecule has 0 bridgehead atoms. The van der Waals surface area contributed by atoms with Crippen LogP contribution in [0.5, 0.6) is 0 Å². The van der Waals surface area contributed by atoms with Crippen LogP contribution in [0, 0.1) is 12.8 Å². The molecule has 1 atom stereocenters. The van der Waals surface area contributed by atoms with E-state index in [0.29, 0.717) is 23.0 Å². The van der Waals surface area contributed by atoms with Gasteiger partial charge >= 0.3 is 0 Å². The summed E-state index contributed by atoms with van der Waals surface area (Å²) < 4.78 is 26.9. The van der Waals surface area contributed by atoms with E-state index in [0.717, 1.165) is 23.5 Å². The fourth-order valence-corrected chi connectivity index (χ4v) is 4.36. The molecule has 2 rings (SSSR count). The fraction of sp³-hybridized carbons (Fsp3) is 0.500. The van der Waals surface area contributed by atoms with E-state index in [1.807, 2.05) is 18.7 Å². The van der Waals surface area contributed by atoms with E-state index >= 15 is 0 Å². The summed E-state index contributed by atoms with van der Waals surface area (Å²) in [6.07, 6.45) is 1.09. The molecule has 18 heavy (non-hydrogen) atoms. The minimum Gasteiger partial charge on any atom is -0.399 e. The Morgan fingerprint density at radius 2 is 2.28 bits per heavy atom. The van der Waals surface area contributed by atoms with Gasteiger partial charge in [-0.25, -0.2) is 13.1 Å². The number of sulfonamides is 1. The van der Waals surface area contributed by atoms with E-state index in [-0.39, 0.29) is 0 Å². The SMILES string of the molecule is Cc1cc(S(=O)(=O)NCC2CCSC2)ccc1N. The van der Waals surface area contributed by atoms with E-state index in [1.54, 1.807) is 18.2 Å². The summed E-state index contributed by atoms with van der Waals surface area (Å²) in [7, 11) is -3.40. The molecule has 1 heterocycles. The van der Waals surface area contributed by atoms with Gasteiger partial charge in [-0.05, 0) is 54.5 Å². The van der Waals surface area contributed by atoms with E-state index in [9.17, 15) is 8.42 Å². The largest absolute Gasteiger partial charge is 0.399 e. The Morgan fingerprint density at radius 1 is 1.50 bits per heavy atom. The second kappa shape index (κ2) is 5.50. The third-order valence-electron chi connectivity index (χ3n) is 3.14. The molecule has 0 aromatic heterocycles. The first-order valence-electron chi connectivity index (χ1n) is 5.92. The van der Waals surface area contributed by atoms with Crippen LogP contribution in [0.1, 0.15) is 12.0 Å². The van der Waals surface area contributed by atoms with Crippen LogP contribution in [-0.4, -0.2) is 26.5 Å². The molecule has 0 spiro atoms. The molecular weight excluding hydrogens is 268 g/mol. The highest BCUT2D eigenvalue weighted by molar-refractivity contribution is 7.99. The van der Waals surface area contributed by atoms with Crippen molar-refractivity contribution in [3.8, 4) is 0 Å². The van der Waals surface area contributed by atoms with Crippen molar-refractivity contribution in [3.63, 3.8) is 0 Å². The number of benzene rings is 1. The number of thioether (sulfide) groups is 1. The molecule has 1 aromatic carbocycles. The molecule has 1 aliphatic rings. The number of anilines is 1. The highest BCUT2D eigenvalue weighted by Gasteiger charge is 2.20. The van der Waals surface area contributed by atoms with Gasteiger partial charge in [-0.3, -0.25) is 0 Å². The van der Waals surface area contributed by atoms with Gasteiger partial charge in [0.15, 0.2) is 0 Å². The van der Waals surface area contributed by atoms with Crippen molar-refractivity contribution in [1.29, 1.82) is 0 Å². The zero-order chi connectivity index (χ0) is 13.2. The van der Waals surface area contributed by atoms with Gasteiger partial charge in [0.2, 0.25) is 10.0 Å². The summed E-state index contributed by atoms with van der Waals surface area (Å²) >= 11 is 1.88. The normalized spacial score (nSPS) is 20.2. The summed E-state index contributed by atoms with van der Waals surface area (Å²) in [5.74, 6) is 2.64. The van der Waals surface area contributed by atoms with Gasteiger partial charge in [0.1, 0.15) is 0 Å². The van der Waals surface area contributed by atoms with Crippen LogP contribution in [0.4, 0.5) is 5.69 Å². The van der Waals surface area contributed by atoms with Crippen LogP contribution >= 0.6 is 11.8 Å². The van der Waals surface area contributed by atoms with Gasteiger partial charge in [-0.1, -0.05) is 0 Å². The van der Waals surface area contributed by atoms with Gasteiger partial charge in [-0.15, -0.1) is 0 Å². The summed E-state index contributed by atoms with van der Waals surface area (Å²) in [4.78, 5) is 0.292. The van der Waals surface area contributed by atoms with Gasteiger partial charge in [0.25, 0.3) is 0 Å². The Hall–Kier alpha value is -0.720. The first-order valence-corrected chi connectivity index (χ1v) is 8.56. The monoisotopic (exact) mass is 286 g/mol. The lowest BCUT2D eigenvalue weighted by molar-refractivity contribution is 0.546. The number of nitrogens with one attached hydrogen (secondary N) is 1. The Balaban J connectivity index is 2.07. The molecule has 0 aliphatic carbocycles. The number of aryl methyl sites for hydroxylation is 1.